The fourth-order valence-electron chi connectivity index (χ4n) is 3.71. The number of halogens is 6. The van der Waals surface area contributed by atoms with Crippen LogP contribution < -0.4 is 18.9 Å². The van der Waals surface area contributed by atoms with E-state index in [1.807, 2.05) is 0 Å². The molecule has 0 bridgehead atoms. The van der Waals surface area contributed by atoms with E-state index in [-0.39, 0.29) is 41.9 Å². The second kappa shape index (κ2) is 12.7. The molecule has 0 aliphatic carbocycles. The molecule has 2 aromatic heterocycles. The Hall–Kier alpha value is -4.75. The molecule has 0 unspecified atom stereocenters. The number of aliphatic hydroxyl groups excluding tert-OH is 1. The second-order valence-corrected chi connectivity index (χ2v) is 10.4. The third-order valence-electron chi connectivity index (χ3n) is 5.85. The van der Waals surface area contributed by atoms with Crippen LogP contribution in [0.1, 0.15) is 5.56 Å². The number of hydrogen-bond donors (Lipinski definition) is 3. The number of sulfonamides is 1. The van der Waals surface area contributed by atoms with Gasteiger partial charge in [-0.25, -0.2) is 23.4 Å². The molecule has 2 heterocycles. The van der Waals surface area contributed by atoms with E-state index in [4.69, 9.17) is 14.2 Å². The van der Waals surface area contributed by atoms with Gasteiger partial charge in [-0.15, -0.1) is 0 Å². The van der Waals surface area contributed by atoms with E-state index < -0.39 is 62.5 Å². The smallest absolute Gasteiger partial charge is 0.430 e. The number of methoxy groups -OCH3 is 1. The van der Waals surface area contributed by atoms with Gasteiger partial charge in [-0.2, -0.15) is 31.3 Å². The van der Waals surface area contributed by atoms with Crippen LogP contribution in [0.5, 0.6) is 23.1 Å². The lowest BCUT2D eigenvalue weighted by atomic mass is 9.92. The predicted molar refractivity (Wildman–Crippen MR) is 142 cm³/mol. The van der Waals surface area contributed by atoms with Crippen molar-refractivity contribution in [2.75, 3.05) is 25.0 Å². The molecule has 4 rings (SSSR count). The molecule has 240 valence electrons. The number of benzene rings is 2. The zero-order valence-electron chi connectivity index (χ0n) is 22.7. The highest BCUT2D eigenvalue weighted by atomic mass is 32.2. The molecule has 0 aliphatic rings. The minimum Gasteiger partial charge on any atom is -0.493 e. The number of rotatable bonds is 11. The van der Waals surface area contributed by atoms with E-state index in [0.29, 0.717) is 12.1 Å². The van der Waals surface area contributed by atoms with Crippen molar-refractivity contribution in [1.29, 1.82) is 0 Å². The molecule has 0 radical (unpaired) electrons. The highest BCUT2D eigenvalue weighted by Gasteiger charge is 2.71. The number of alkyl halides is 6. The predicted octanol–water partition coefficient (Wildman–Crippen LogP) is 4.22. The minimum absolute atomic E-state index is 0.0181. The molecule has 0 fully saturated rings. The fourth-order valence-corrected chi connectivity index (χ4v) is 4.71. The number of nitrogens with one attached hydrogen (secondary N) is 1. The number of para-hydroxylation sites is 2. The SMILES string of the molecule is COc1ccccc1Oc1c(NS(=O)(=O)c2ccc(C(O)(C(F)(F)F)C(F)(F)F)cc2)nc(-c2ncccn2)nc1OCCO. The highest BCUT2D eigenvalue weighted by Crippen LogP contribution is 2.50. The summed E-state index contributed by atoms with van der Waals surface area (Å²) < 4.78 is 125. The van der Waals surface area contributed by atoms with Crippen molar-refractivity contribution in [3.05, 3.63) is 72.6 Å². The van der Waals surface area contributed by atoms with Crippen LogP contribution in [0.25, 0.3) is 11.6 Å². The highest BCUT2D eigenvalue weighted by molar-refractivity contribution is 7.92. The molecule has 3 N–H and O–H groups in total. The number of ether oxygens (including phenoxy) is 3. The minimum atomic E-state index is -6.18. The largest absolute Gasteiger partial charge is 0.493 e. The first-order valence-electron chi connectivity index (χ1n) is 12.4. The monoisotopic (exact) mass is 661 g/mol. The summed E-state index contributed by atoms with van der Waals surface area (Å²) in [4.78, 5) is 15.5. The molecule has 0 amide bonds. The lowest BCUT2D eigenvalue weighted by Gasteiger charge is -2.32. The fraction of sp³-hybridized carbons (Fsp3) is 0.231. The molecule has 0 aliphatic heterocycles. The summed E-state index contributed by atoms with van der Waals surface area (Å²) in [6.07, 6.45) is -9.71. The standard InChI is InChI=1S/C26H21F6N5O7S/c1-42-17-5-2-3-6-18(17)44-19-20(35-22(21-33-11-4-12-34-21)36-23(19)43-14-13-38)37-45(40,41)16-9-7-15(8-10-16)24(39,25(27,28)29)26(30,31)32/h2-12,38-39H,13-14H2,1H3,(H,35,36,37). The Morgan fingerprint density at radius 2 is 1.44 bits per heavy atom. The third kappa shape index (κ3) is 6.84. The van der Waals surface area contributed by atoms with E-state index in [1.165, 1.54) is 37.7 Å². The lowest BCUT2D eigenvalue weighted by molar-refractivity contribution is -0.376. The van der Waals surface area contributed by atoms with Gasteiger partial charge in [0.1, 0.15) is 6.61 Å². The lowest BCUT2D eigenvalue weighted by Crippen LogP contribution is -2.53. The molecule has 19 heteroatoms. The molecule has 0 spiro atoms. The molecular weight excluding hydrogens is 640 g/mol. The number of anilines is 1. The van der Waals surface area contributed by atoms with Crippen LogP contribution >= 0.6 is 0 Å². The Kier molecular flexibility index (Phi) is 9.35. The molecule has 12 nitrogen and oxygen atoms in total. The zero-order valence-corrected chi connectivity index (χ0v) is 23.5. The average Bonchev–Trinajstić information content (AvgIpc) is 3.00. The first kappa shape index (κ1) is 33.1. The third-order valence-corrected chi connectivity index (χ3v) is 7.20. The maximum atomic E-state index is 13.4. The van der Waals surface area contributed by atoms with Crippen LogP contribution in [-0.4, -0.2) is 71.2 Å². The first-order valence-corrected chi connectivity index (χ1v) is 13.8. The van der Waals surface area contributed by atoms with Crippen molar-refractivity contribution in [3.8, 4) is 34.8 Å². The summed E-state index contributed by atoms with van der Waals surface area (Å²) in [6, 6.07) is 8.74. The van der Waals surface area contributed by atoms with Crippen LogP contribution in [0, 0.1) is 0 Å². The Bertz CT molecular complexity index is 1730. The van der Waals surface area contributed by atoms with E-state index >= 15 is 0 Å². The number of nitrogens with zero attached hydrogens (tertiary/aromatic N) is 4. The molecule has 2 aromatic carbocycles. The Morgan fingerprint density at radius 3 is 2.00 bits per heavy atom. The van der Waals surface area contributed by atoms with Gasteiger partial charge in [0.15, 0.2) is 23.1 Å². The van der Waals surface area contributed by atoms with E-state index in [2.05, 4.69) is 24.7 Å². The van der Waals surface area contributed by atoms with Gasteiger partial charge in [0.05, 0.1) is 18.6 Å². The summed E-state index contributed by atoms with van der Waals surface area (Å²) in [7, 11) is -3.53. The average molecular weight is 662 g/mol. The van der Waals surface area contributed by atoms with Crippen LogP contribution in [-0.2, 0) is 15.6 Å². The van der Waals surface area contributed by atoms with Crippen molar-refractivity contribution >= 4 is 15.8 Å². The van der Waals surface area contributed by atoms with Crippen LogP contribution in [0.4, 0.5) is 32.2 Å². The van der Waals surface area contributed by atoms with Crippen molar-refractivity contribution in [1.82, 2.24) is 19.9 Å². The number of aromatic nitrogens is 4. The quantitative estimate of drug-likeness (QED) is 0.197. The second-order valence-electron chi connectivity index (χ2n) is 8.76. The van der Waals surface area contributed by atoms with Crippen LogP contribution in [0.2, 0.25) is 0 Å². The number of aliphatic hydroxyl groups is 2. The van der Waals surface area contributed by atoms with E-state index in [1.54, 1.807) is 12.1 Å². The van der Waals surface area contributed by atoms with Gasteiger partial charge in [0, 0.05) is 18.0 Å². The summed E-state index contributed by atoms with van der Waals surface area (Å²) in [5, 5.41) is 19.0. The van der Waals surface area contributed by atoms with Crippen LogP contribution in [0.15, 0.2) is 71.9 Å². The summed E-state index contributed by atoms with van der Waals surface area (Å²) in [5.41, 5.74) is -6.95. The van der Waals surface area contributed by atoms with Crippen molar-refractivity contribution in [2.45, 2.75) is 22.8 Å². The maximum Gasteiger partial charge on any atom is 0.430 e. The Morgan fingerprint density at radius 1 is 0.844 bits per heavy atom. The summed E-state index contributed by atoms with van der Waals surface area (Å²) in [6.45, 7) is -0.867. The summed E-state index contributed by atoms with van der Waals surface area (Å²) >= 11 is 0. The van der Waals surface area contributed by atoms with Gasteiger partial charge >= 0.3 is 12.4 Å². The normalized spacial score (nSPS) is 12.5. The first-order chi connectivity index (χ1) is 21.1. The van der Waals surface area contributed by atoms with Gasteiger partial charge in [-0.3, -0.25) is 4.72 Å². The van der Waals surface area contributed by atoms with Crippen molar-refractivity contribution in [2.24, 2.45) is 0 Å². The van der Waals surface area contributed by atoms with Gasteiger partial charge in [-0.1, -0.05) is 24.3 Å². The zero-order chi connectivity index (χ0) is 33.0. The molecule has 0 saturated carbocycles. The van der Waals surface area contributed by atoms with E-state index in [0.717, 1.165) is 0 Å². The van der Waals surface area contributed by atoms with Crippen LogP contribution in [0.3, 0.4) is 0 Å². The van der Waals surface area contributed by atoms with Gasteiger partial charge in [0.2, 0.25) is 11.6 Å². The van der Waals surface area contributed by atoms with E-state index in [9.17, 15) is 45.0 Å². The maximum absolute atomic E-state index is 13.4. The Balaban J connectivity index is 1.84. The van der Waals surface area contributed by atoms with Crippen molar-refractivity contribution < 1.29 is 59.2 Å². The van der Waals surface area contributed by atoms with Gasteiger partial charge in [-0.05, 0) is 30.3 Å². The van der Waals surface area contributed by atoms with Crippen molar-refractivity contribution in [3.63, 3.8) is 0 Å². The molecule has 0 saturated heterocycles. The molecule has 4 aromatic rings. The molecule has 45 heavy (non-hydrogen) atoms. The van der Waals surface area contributed by atoms with Gasteiger partial charge < -0.3 is 24.4 Å². The molecule has 0 atom stereocenters. The summed E-state index contributed by atoms with van der Waals surface area (Å²) in [5.74, 6) is -1.74. The van der Waals surface area contributed by atoms with Gasteiger partial charge in [0.25, 0.3) is 21.5 Å². The Labute approximate surface area is 250 Å². The number of hydrogen-bond acceptors (Lipinski definition) is 11. The topological polar surface area (TPSA) is 166 Å². The molecular formula is C26H21F6N5O7S.